The monoisotopic (exact) mass is 288 g/mol. The molecule has 5 heteroatoms. The average Bonchev–Trinajstić information content (AvgIpc) is 2.74. The maximum atomic E-state index is 12.4. The van der Waals surface area contributed by atoms with E-state index in [1.54, 1.807) is 0 Å². The van der Waals surface area contributed by atoms with Crippen molar-refractivity contribution in [3.8, 4) is 5.75 Å². The molecule has 2 heterocycles. The summed E-state index contributed by atoms with van der Waals surface area (Å²) in [5.41, 5.74) is 1.06. The van der Waals surface area contributed by atoms with Gasteiger partial charge in [0, 0.05) is 24.1 Å². The second-order valence-electron chi connectivity index (χ2n) is 5.85. The third-order valence-electron chi connectivity index (χ3n) is 4.06. The van der Waals surface area contributed by atoms with E-state index in [1.807, 2.05) is 38.1 Å². The highest BCUT2D eigenvalue weighted by molar-refractivity contribution is 6.05. The molecule has 0 aliphatic carbocycles. The zero-order chi connectivity index (χ0) is 15.0. The SMILES string of the molecule is CC(C)N1C(=O)CC(NC2CCOc3ccccc32)C1=O. The lowest BCUT2D eigenvalue weighted by atomic mass is 9.99. The quantitative estimate of drug-likeness (QED) is 0.859. The highest BCUT2D eigenvalue weighted by Gasteiger charge is 2.41. The van der Waals surface area contributed by atoms with Crippen molar-refractivity contribution in [3.63, 3.8) is 0 Å². The van der Waals surface area contributed by atoms with Gasteiger partial charge in [-0.05, 0) is 19.9 Å². The second kappa shape index (κ2) is 5.48. The number of imide groups is 1. The number of carbonyl (C=O) groups is 2. The molecule has 0 saturated carbocycles. The lowest BCUT2D eigenvalue weighted by molar-refractivity contribution is -0.140. The van der Waals surface area contributed by atoms with Crippen LogP contribution in [0, 0.1) is 0 Å². The van der Waals surface area contributed by atoms with E-state index in [1.165, 1.54) is 4.90 Å². The van der Waals surface area contributed by atoms with Crippen molar-refractivity contribution in [2.45, 2.75) is 44.8 Å². The summed E-state index contributed by atoms with van der Waals surface area (Å²) in [5.74, 6) is 0.658. The molecule has 2 atom stereocenters. The highest BCUT2D eigenvalue weighted by Crippen LogP contribution is 2.32. The van der Waals surface area contributed by atoms with E-state index in [2.05, 4.69) is 5.32 Å². The average molecular weight is 288 g/mol. The molecule has 112 valence electrons. The normalized spacial score (nSPS) is 25.2. The number of nitrogens with one attached hydrogen (secondary N) is 1. The Morgan fingerprint density at radius 3 is 2.71 bits per heavy atom. The molecule has 2 aliphatic heterocycles. The van der Waals surface area contributed by atoms with E-state index in [-0.39, 0.29) is 30.3 Å². The molecule has 0 spiro atoms. The number of carbonyl (C=O) groups excluding carboxylic acids is 2. The summed E-state index contributed by atoms with van der Waals surface area (Å²) < 4.78 is 5.62. The fraction of sp³-hybridized carbons (Fsp3) is 0.500. The van der Waals surface area contributed by atoms with Crippen LogP contribution < -0.4 is 10.1 Å². The van der Waals surface area contributed by atoms with Gasteiger partial charge >= 0.3 is 0 Å². The van der Waals surface area contributed by atoms with Crippen LogP contribution in [0.25, 0.3) is 0 Å². The van der Waals surface area contributed by atoms with Crippen LogP contribution in [-0.2, 0) is 9.59 Å². The van der Waals surface area contributed by atoms with Gasteiger partial charge in [0.1, 0.15) is 5.75 Å². The van der Waals surface area contributed by atoms with Crippen LogP contribution in [-0.4, -0.2) is 35.4 Å². The summed E-state index contributed by atoms with van der Waals surface area (Å²) in [6.45, 7) is 4.35. The topological polar surface area (TPSA) is 58.6 Å². The van der Waals surface area contributed by atoms with Crippen LogP contribution in [0.15, 0.2) is 24.3 Å². The Balaban J connectivity index is 1.77. The van der Waals surface area contributed by atoms with Crippen molar-refractivity contribution in [2.75, 3.05) is 6.61 Å². The van der Waals surface area contributed by atoms with Gasteiger partial charge in [0.25, 0.3) is 0 Å². The summed E-state index contributed by atoms with van der Waals surface area (Å²) in [7, 11) is 0. The maximum Gasteiger partial charge on any atom is 0.247 e. The number of amides is 2. The zero-order valence-corrected chi connectivity index (χ0v) is 12.3. The largest absolute Gasteiger partial charge is 0.493 e. The number of nitrogens with zero attached hydrogens (tertiary/aromatic N) is 1. The van der Waals surface area contributed by atoms with Gasteiger partial charge in [-0.15, -0.1) is 0 Å². The number of hydrogen-bond donors (Lipinski definition) is 1. The van der Waals surface area contributed by atoms with Gasteiger partial charge < -0.3 is 4.74 Å². The summed E-state index contributed by atoms with van der Waals surface area (Å²) in [6, 6.07) is 7.40. The van der Waals surface area contributed by atoms with E-state index in [9.17, 15) is 9.59 Å². The Morgan fingerprint density at radius 1 is 1.24 bits per heavy atom. The maximum absolute atomic E-state index is 12.4. The number of para-hydroxylation sites is 1. The minimum Gasteiger partial charge on any atom is -0.493 e. The van der Waals surface area contributed by atoms with Crippen LogP contribution in [0.5, 0.6) is 5.75 Å². The Labute approximate surface area is 124 Å². The smallest absolute Gasteiger partial charge is 0.247 e. The van der Waals surface area contributed by atoms with Gasteiger partial charge in [-0.2, -0.15) is 0 Å². The molecule has 1 aromatic carbocycles. The predicted octanol–water partition coefficient (Wildman–Crippen LogP) is 1.64. The van der Waals surface area contributed by atoms with Crippen molar-refractivity contribution >= 4 is 11.8 Å². The number of rotatable bonds is 3. The molecule has 1 saturated heterocycles. The number of fused-ring (bicyclic) bond motifs is 1. The Morgan fingerprint density at radius 2 is 2.00 bits per heavy atom. The standard InChI is InChI=1S/C16H20N2O3/c1-10(2)18-15(19)9-13(16(18)20)17-12-7-8-21-14-6-4-3-5-11(12)14/h3-6,10,12-13,17H,7-9H2,1-2H3. The minimum absolute atomic E-state index is 0.0591. The molecule has 1 aromatic rings. The van der Waals surface area contributed by atoms with E-state index in [4.69, 9.17) is 4.74 Å². The molecule has 2 aliphatic rings. The molecular weight excluding hydrogens is 268 g/mol. The van der Waals surface area contributed by atoms with E-state index < -0.39 is 6.04 Å². The lowest BCUT2D eigenvalue weighted by Crippen LogP contribution is -2.43. The van der Waals surface area contributed by atoms with Crippen molar-refractivity contribution < 1.29 is 14.3 Å². The van der Waals surface area contributed by atoms with Crippen LogP contribution in [0.4, 0.5) is 0 Å². The molecular formula is C16H20N2O3. The highest BCUT2D eigenvalue weighted by atomic mass is 16.5. The first-order chi connectivity index (χ1) is 10.1. The molecule has 2 amide bonds. The number of ether oxygens (including phenoxy) is 1. The summed E-state index contributed by atoms with van der Waals surface area (Å²) in [4.78, 5) is 25.7. The van der Waals surface area contributed by atoms with Gasteiger partial charge in [0.05, 0.1) is 19.1 Å². The van der Waals surface area contributed by atoms with Crippen LogP contribution >= 0.6 is 0 Å². The molecule has 1 fully saturated rings. The third kappa shape index (κ3) is 2.53. The molecule has 21 heavy (non-hydrogen) atoms. The van der Waals surface area contributed by atoms with Gasteiger partial charge in [0.2, 0.25) is 11.8 Å². The molecule has 5 nitrogen and oxygen atoms in total. The summed E-state index contributed by atoms with van der Waals surface area (Å²) in [6.07, 6.45) is 1.05. The van der Waals surface area contributed by atoms with Crippen LogP contribution in [0.3, 0.4) is 0 Å². The zero-order valence-electron chi connectivity index (χ0n) is 12.3. The number of hydrogen-bond acceptors (Lipinski definition) is 4. The van der Waals surface area contributed by atoms with Crippen molar-refractivity contribution in [3.05, 3.63) is 29.8 Å². The van der Waals surface area contributed by atoms with Gasteiger partial charge in [0.15, 0.2) is 0 Å². The van der Waals surface area contributed by atoms with Crippen molar-refractivity contribution in [1.82, 2.24) is 10.2 Å². The van der Waals surface area contributed by atoms with E-state index >= 15 is 0 Å². The summed E-state index contributed by atoms with van der Waals surface area (Å²) in [5, 5.41) is 3.35. The first kappa shape index (κ1) is 14.1. The molecule has 0 radical (unpaired) electrons. The molecule has 0 aromatic heterocycles. The Hall–Kier alpha value is -1.88. The number of likely N-dealkylation sites (tertiary alicyclic amines) is 1. The van der Waals surface area contributed by atoms with Gasteiger partial charge in [-0.1, -0.05) is 18.2 Å². The van der Waals surface area contributed by atoms with E-state index in [0.29, 0.717) is 6.61 Å². The molecule has 3 rings (SSSR count). The van der Waals surface area contributed by atoms with Crippen LogP contribution in [0.2, 0.25) is 0 Å². The third-order valence-corrected chi connectivity index (χ3v) is 4.06. The summed E-state index contributed by atoms with van der Waals surface area (Å²) >= 11 is 0. The van der Waals surface area contributed by atoms with E-state index in [0.717, 1.165) is 17.7 Å². The van der Waals surface area contributed by atoms with Gasteiger partial charge in [-0.3, -0.25) is 19.8 Å². The molecule has 0 bridgehead atoms. The lowest BCUT2D eigenvalue weighted by Gasteiger charge is -2.28. The minimum atomic E-state index is -0.420. The van der Waals surface area contributed by atoms with Gasteiger partial charge in [-0.25, -0.2) is 0 Å². The predicted molar refractivity (Wildman–Crippen MR) is 77.8 cm³/mol. The fourth-order valence-electron chi connectivity index (χ4n) is 3.08. The molecule has 1 N–H and O–H groups in total. The first-order valence-electron chi connectivity index (χ1n) is 7.41. The second-order valence-corrected chi connectivity index (χ2v) is 5.85. The fourth-order valence-corrected chi connectivity index (χ4v) is 3.08. The Bertz CT molecular complexity index is 570. The number of benzene rings is 1. The molecule has 2 unspecified atom stereocenters. The van der Waals surface area contributed by atoms with Crippen molar-refractivity contribution in [1.29, 1.82) is 0 Å². The Kier molecular flexibility index (Phi) is 3.68. The van der Waals surface area contributed by atoms with Crippen LogP contribution in [0.1, 0.15) is 38.3 Å². The van der Waals surface area contributed by atoms with Crippen molar-refractivity contribution in [2.24, 2.45) is 0 Å². The first-order valence-corrected chi connectivity index (χ1v) is 7.41.